The molecule has 0 saturated carbocycles. The second-order valence-electron chi connectivity index (χ2n) is 5.85. The fourth-order valence-electron chi connectivity index (χ4n) is 2.90. The summed E-state index contributed by atoms with van der Waals surface area (Å²) in [6.07, 6.45) is 4.72. The van der Waals surface area contributed by atoms with Gasteiger partial charge in [-0.25, -0.2) is 24.1 Å². The van der Waals surface area contributed by atoms with Crippen molar-refractivity contribution in [3.05, 3.63) is 46.8 Å². The molecule has 27 heavy (non-hydrogen) atoms. The van der Waals surface area contributed by atoms with E-state index in [9.17, 15) is 9.59 Å². The van der Waals surface area contributed by atoms with Gasteiger partial charge in [-0.2, -0.15) is 10.4 Å². The van der Waals surface area contributed by atoms with Gasteiger partial charge in [-0.15, -0.1) is 0 Å². The van der Waals surface area contributed by atoms with Crippen LogP contribution in [-0.2, 0) is 9.53 Å². The van der Waals surface area contributed by atoms with Gasteiger partial charge in [-0.05, 0) is 19.1 Å². The van der Waals surface area contributed by atoms with E-state index in [0.717, 1.165) is 0 Å². The van der Waals surface area contributed by atoms with Crippen LogP contribution < -0.4 is 5.69 Å². The zero-order valence-corrected chi connectivity index (χ0v) is 14.4. The van der Waals surface area contributed by atoms with E-state index in [-0.39, 0.29) is 5.65 Å². The van der Waals surface area contributed by atoms with Gasteiger partial charge in [-0.1, -0.05) is 0 Å². The molecule has 0 unspecified atom stereocenters. The first-order chi connectivity index (χ1) is 13.0. The molecule has 0 fully saturated rings. The van der Waals surface area contributed by atoms with Crippen LogP contribution >= 0.6 is 0 Å². The van der Waals surface area contributed by atoms with Gasteiger partial charge in [0.25, 0.3) is 0 Å². The maximum absolute atomic E-state index is 12.3. The average molecular weight is 363 g/mol. The van der Waals surface area contributed by atoms with E-state index < -0.39 is 17.7 Å². The summed E-state index contributed by atoms with van der Waals surface area (Å²) in [7, 11) is 1.25. The Bertz CT molecular complexity index is 1290. The summed E-state index contributed by atoms with van der Waals surface area (Å²) < 4.78 is 7.55. The van der Waals surface area contributed by atoms with Crippen LogP contribution in [-0.4, -0.2) is 42.2 Å². The summed E-state index contributed by atoms with van der Waals surface area (Å²) in [6.45, 7) is 1.55. The number of pyridine rings is 1. The van der Waals surface area contributed by atoms with Gasteiger partial charge in [0.1, 0.15) is 11.6 Å². The highest BCUT2D eigenvalue weighted by atomic mass is 16.5. The smallest absolute Gasteiger partial charge is 0.328 e. The first-order valence-corrected chi connectivity index (χ1v) is 7.96. The topological polar surface area (TPSA) is 131 Å². The standard InChI is InChI=1S/C17H13N7O3/c1-9(16(25)27-2)24-15-12(21-17(24)26)8-19-14(22-15)11-7-20-23-4-3-10(6-18)5-13(11)23/h3-5,7-9H,1-2H3,(H,21,26)/t9-/m1/s1. The van der Waals surface area contributed by atoms with Crippen LogP contribution in [0.25, 0.3) is 28.1 Å². The first kappa shape index (κ1) is 16.5. The van der Waals surface area contributed by atoms with Crippen molar-refractivity contribution in [2.75, 3.05) is 7.11 Å². The number of ether oxygens (including phenoxy) is 1. The number of esters is 1. The molecule has 0 aliphatic carbocycles. The Morgan fingerprint density at radius 2 is 2.22 bits per heavy atom. The third-order valence-corrected chi connectivity index (χ3v) is 4.28. The molecule has 0 aliphatic heterocycles. The SMILES string of the molecule is COC(=O)[C@@H](C)n1c(=O)[nH]c2cnc(-c3cnn4ccc(C#N)cc34)nc21. The summed E-state index contributed by atoms with van der Waals surface area (Å²) in [6, 6.07) is 4.55. The Labute approximate surface area is 151 Å². The van der Waals surface area contributed by atoms with E-state index in [1.165, 1.54) is 17.9 Å². The maximum atomic E-state index is 12.3. The number of fused-ring (bicyclic) bond motifs is 2. The lowest BCUT2D eigenvalue weighted by Crippen LogP contribution is -2.27. The van der Waals surface area contributed by atoms with Gasteiger partial charge >= 0.3 is 11.7 Å². The molecule has 10 nitrogen and oxygen atoms in total. The zero-order valence-electron chi connectivity index (χ0n) is 14.4. The van der Waals surface area contributed by atoms with Gasteiger partial charge in [-0.3, -0.25) is 4.57 Å². The predicted octanol–water partition coefficient (Wildman–Crippen LogP) is 1.04. The minimum atomic E-state index is -0.854. The number of imidazole rings is 1. The number of nitriles is 1. The van der Waals surface area contributed by atoms with E-state index in [0.29, 0.717) is 28.0 Å². The van der Waals surface area contributed by atoms with Gasteiger partial charge in [0.2, 0.25) is 0 Å². The average Bonchev–Trinajstić information content (AvgIpc) is 3.25. The number of hydrogen-bond donors (Lipinski definition) is 1. The molecule has 1 N–H and O–H groups in total. The molecule has 4 aromatic rings. The second-order valence-corrected chi connectivity index (χ2v) is 5.85. The molecule has 4 heterocycles. The second kappa shape index (κ2) is 6.06. The molecule has 4 aromatic heterocycles. The van der Waals surface area contributed by atoms with Crippen LogP contribution in [0.5, 0.6) is 0 Å². The van der Waals surface area contributed by atoms with Crippen molar-refractivity contribution in [1.82, 2.24) is 29.1 Å². The van der Waals surface area contributed by atoms with Crippen LogP contribution in [0.3, 0.4) is 0 Å². The van der Waals surface area contributed by atoms with E-state index in [4.69, 9.17) is 10.00 Å². The molecule has 0 aliphatic rings. The van der Waals surface area contributed by atoms with Crippen LogP contribution in [0.1, 0.15) is 18.5 Å². The number of hydrogen-bond acceptors (Lipinski definition) is 7. The molecule has 0 spiro atoms. The maximum Gasteiger partial charge on any atom is 0.328 e. The summed E-state index contributed by atoms with van der Waals surface area (Å²) in [4.78, 5) is 35.5. The molecule has 0 saturated heterocycles. The minimum Gasteiger partial charge on any atom is -0.467 e. The molecule has 1 atom stereocenters. The quantitative estimate of drug-likeness (QED) is 0.538. The molecule has 0 radical (unpaired) electrons. The van der Waals surface area contributed by atoms with Gasteiger partial charge in [0.15, 0.2) is 11.5 Å². The van der Waals surface area contributed by atoms with Crippen molar-refractivity contribution in [3.8, 4) is 17.5 Å². The predicted molar refractivity (Wildman–Crippen MR) is 93.8 cm³/mol. The highest BCUT2D eigenvalue weighted by molar-refractivity contribution is 5.81. The number of methoxy groups -OCH3 is 1. The van der Waals surface area contributed by atoms with Crippen LogP contribution in [0, 0.1) is 11.3 Å². The van der Waals surface area contributed by atoms with Crippen LogP contribution in [0.15, 0.2) is 35.5 Å². The molecule has 4 rings (SSSR count). The van der Waals surface area contributed by atoms with E-state index in [1.54, 1.807) is 36.0 Å². The highest BCUT2D eigenvalue weighted by Crippen LogP contribution is 2.24. The number of H-pyrrole nitrogens is 1. The largest absolute Gasteiger partial charge is 0.467 e. The van der Waals surface area contributed by atoms with E-state index >= 15 is 0 Å². The van der Waals surface area contributed by atoms with Crippen molar-refractivity contribution >= 4 is 22.6 Å². The van der Waals surface area contributed by atoms with Gasteiger partial charge in [0.05, 0.1) is 42.2 Å². The fraction of sp³-hybridized carbons (Fsp3) is 0.176. The number of carbonyl (C=O) groups is 1. The van der Waals surface area contributed by atoms with Gasteiger partial charge in [0, 0.05) is 6.20 Å². The van der Waals surface area contributed by atoms with Crippen LogP contribution in [0.2, 0.25) is 0 Å². The number of rotatable bonds is 3. The number of aromatic nitrogens is 6. The minimum absolute atomic E-state index is 0.277. The molecule has 0 amide bonds. The molecule has 0 bridgehead atoms. The Balaban J connectivity index is 1.93. The third kappa shape index (κ3) is 2.53. The Morgan fingerprint density at radius 1 is 1.41 bits per heavy atom. The summed E-state index contributed by atoms with van der Waals surface area (Å²) >= 11 is 0. The normalized spacial score (nSPS) is 12.2. The lowest BCUT2D eigenvalue weighted by molar-refractivity contribution is -0.144. The number of aromatic amines is 1. The molecule has 0 aromatic carbocycles. The first-order valence-electron chi connectivity index (χ1n) is 7.96. The highest BCUT2D eigenvalue weighted by Gasteiger charge is 2.22. The van der Waals surface area contributed by atoms with Gasteiger partial charge < -0.3 is 9.72 Å². The Hall–Kier alpha value is -4.00. The van der Waals surface area contributed by atoms with Crippen molar-refractivity contribution in [1.29, 1.82) is 5.26 Å². The van der Waals surface area contributed by atoms with Crippen molar-refractivity contribution in [2.45, 2.75) is 13.0 Å². The number of nitrogens with one attached hydrogen (secondary N) is 1. The Morgan fingerprint density at radius 3 is 2.96 bits per heavy atom. The zero-order chi connectivity index (χ0) is 19.1. The van der Waals surface area contributed by atoms with E-state index in [2.05, 4.69) is 26.1 Å². The van der Waals surface area contributed by atoms with Crippen molar-refractivity contribution in [3.63, 3.8) is 0 Å². The summed E-state index contributed by atoms with van der Waals surface area (Å²) in [5, 5.41) is 13.3. The molecular formula is C17H13N7O3. The van der Waals surface area contributed by atoms with E-state index in [1.807, 2.05) is 0 Å². The molecule has 134 valence electrons. The van der Waals surface area contributed by atoms with Crippen molar-refractivity contribution in [2.24, 2.45) is 0 Å². The van der Waals surface area contributed by atoms with Crippen molar-refractivity contribution < 1.29 is 9.53 Å². The molecule has 10 heteroatoms. The number of nitrogens with zero attached hydrogens (tertiary/aromatic N) is 6. The van der Waals surface area contributed by atoms with Crippen LogP contribution in [0.4, 0.5) is 0 Å². The lowest BCUT2D eigenvalue weighted by Gasteiger charge is -2.10. The lowest BCUT2D eigenvalue weighted by atomic mass is 10.2. The summed E-state index contributed by atoms with van der Waals surface area (Å²) in [5.41, 5.74) is 1.91. The summed E-state index contributed by atoms with van der Waals surface area (Å²) in [5.74, 6) is -0.245. The number of carbonyl (C=O) groups excluding carboxylic acids is 1. The third-order valence-electron chi connectivity index (χ3n) is 4.28. The molecular weight excluding hydrogens is 350 g/mol. The monoisotopic (exact) mass is 363 g/mol. The Kier molecular flexibility index (Phi) is 3.70. The fourth-order valence-corrected chi connectivity index (χ4v) is 2.90.